The first-order valence-electron chi connectivity index (χ1n) is 8.72. The number of aromatic nitrogens is 2. The van der Waals surface area contributed by atoms with Crippen LogP contribution in [0.25, 0.3) is 5.69 Å². The Kier molecular flexibility index (Phi) is 6.16. The molecule has 1 heterocycles. The quantitative estimate of drug-likeness (QED) is 0.481. The molecule has 0 bridgehead atoms. The van der Waals surface area contributed by atoms with Crippen molar-refractivity contribution in [2.75, 3.05) is 18.2 Å². The second-order valence-corrected chi connectivity index (χ2v) is 7.06. The fourth-order valence-corrected chi connectivity index (χ4v) is 3.69. The Bertz CT molecular complexity index is 982. The molecule has 1 N–H and O–H groups in total. The molecule has 0 saturated carbocycles. The van der Waals surface area contributed by atoms with Crippen molar-refractivity contribution in [2.24, 2.45) is 0 Å². The molecule has 28 heavy (non-hydrogen) atoms. The predicted octanol–water partition coefficient (Wildman–Crippen LogP) is 4.12. The van der Waals surface area contributed by atoms with Gasteiger partial charge in [-0.25, -0.2) is 4.98 Å². The molecular formula is C21H21N3O3S. The monoisotopic (exact) mass is 395 g/mol. The maximum atomic E-state index is 12.3. The van der Waals surface area contributed by atoms with E-state index in [2.05, 4.69) is 10.3 Å². The van der Waals surface area contributed by atoms with Crippen molar-refractivity contribution >= 4 is 29.1 Å². The Morgan fingerprint density at radius 2 is 1.79 bits per heavy atom. The third kappa shape index (κ3) is 4.43. The topological polar surface area (TPSA) is 73.2 Å². The van der Waals surface area contributed by atoms with Gasteiger partial charge in [-0.15, -0.1) is 0 Å². The minimum atomic E-state index is -0.153. The molecule has 0 spiro atoms. The van der Waals surface area contributed by atoms with Gasteiger partial charge in [0, 0.05) is 18.3 Å². The second kappa shape index (κ2) is 8.75. The van der Waals surface area contributed by atoms with Crippen LogP contribution in [0.2, 0.25) is 0 Å². The number of anilines is 1. The van der Waals surface area contributed by atoms with Crippen LogP contribution in [0.15, 0.2) is 59.8 Å². The normalized spacial score (nSPS) is 10.5. The van der Waals surface area contributed by atoms with Crippen LogP contribution in [-0.2, 0) is 4.79 Å². The van der Waals surface area contributed by atoms with E-state index in [0.717, 1.165) is 11.4 Å². The van der Waals surface area contributed by atoms with Crippen LogP contribution < -0.4 is 10.1 Å². The van der Waals surface area contributed by atoms with Gasteiger partial charge in [-0.2, -0.15) is 0 Å². The van der Waals surface area contributed by atoms with Gasteiger partial charge in [0.05, 0.1) is 18.6 Å². The standard InChI is InChI=1S/C21H21N3O3S/c1-14-20(15(2)25)24(17-7-5-4-6-8-17)21(22-14)28-13-19(26)23-16-9-11-18(27-3)12-10-16/h4-12H,13H2,1-3H3,(H,23,26). The fourth-order valence-electron chi connectivity index (χ4n) is 2.83. The van der Waals surface area contributed by atoms with Crippen LogP contribution >= 0.6 is 11.8 Å². The van der Waals surface area contributed by atoms with Gasteiger partial charge in [0.2, 0.25) is 5.91 Å². The number of hydrogen-bond acceptors (Lipinski definition) is 5. The number of imidazole rings is 1. The van der Waals surface area contributed by atoms with E-state index in [1.807, 2.05) is 34.9 Å². The first-order valence-corrected chi connectivity index (χ1v) is 9.70. The van der Waals surface area contributed by atoms with E-state index in [-0.39, 0.29) is 17.4 Å². The lowest BCUT2D eigenvalue weighted by Crippen LogP contribution is -2.14. The van der Waals surface area contributed by atoms with Gasteiger partial charge in [-0.05, 0) is 43.3 Å². The zero-order valence-corrected chi connectivity index (χ0v) is 16.7. The molecule has 1 amide bonds. The number of aryl methyl sites for hydroxylation is 1. The molecule has 0 atom stereocenters. The summed E-state index contributed by atoms with van der Waals surface area (Å²) in [4.78, 5) is 29.0. The van der Waals surface area contributed by atoms with Crippen LogP contribution in [0, 0.1) is 6.92 Å². The van der Waals surface area contributed by atoms with Crippen molar-refractivity contribution in [3.63, 3.8) is 0 Å². The minimum Gasteiger partial charge on any atom is -0.497 e. The predicted molar refractivity (Wildman–Crippen MR) is 111 cm³/mol. The van der Waals surface area contributed by atoms with Crippen LogP contribution in [0.4, 0.5) is 5.69 Å². The zero-order valence-electron chi connectivity index (χ0n) is 15.9. The molecule has 0 aliphatic rings. The average Bonchev–Trinajstić information content (AvgIpc) is 3.04. The summed E-state index contributed by atoms with van der Waals surface area (Å²) in [5.74, 6) is 0.680. The number of carbonyl (C=O) groups is 2. The highest BCUT2D eigenvalue weighted by atomic mass is 32.2. The van der Waals surface area contributed by atoms with Crippen LogP contribution in [0.5, 0.6) is 5.75 Å². The van der Waals surface area contributed by atoms with Gasteiger partial charge >= 0.3 is 0 Å². The van der Waals surface area contributed by atoms with Crippen LogP contribution in [-0.4, -0.2) is 34.1 Å². The second-order valence-electron chi connectivity index (χ2n) is 6.12. The highest BCUT2D eigenvalue weighted by Crippen LogP contribution is 2.26. The number of para-hydroxylation sites is 1. The van der Waals surface area contributed by atoms with Gasteiger partial charge in [0.25, 0.3) is 0 Å². The molecule has 0 saturated heterocycles. The number of nitrogens with zero attached hydrogens (tertiary/aromatic N) is 2. The number of thioether (sulfide) groups is 1. The van der Waals surface area contributed by atoms with Crippen molar-refractivity contribution in [3.05, 3.63) is 66.0 Å². The lowest BCUT2D eigenvalue weighted by molar-refractivity contribution is -0.113. The average molecular weight is 395 g/mol. The van der Waals surface area contributed by atoms with Crippen molar-refractivity contribution in [1.82, 2.24) is 9.55 Å². The fraction of sp³-hybridized carbons (Fsp3) is 0.190. The number of carbonyl (C=O) groups excluding carboxylic acids is 2. The molecule has 0 aliphatic carbocycles. The number of nitrogens with one attached hydrogen (secondary N) is 1. The Morgan fingerprint density at radius 3 is 2.39 bits per heavy atom. The van der Waals surface area contributed by atoms with Gasteiger partial charge < -0.3 is 10.1 Å². The highest BCUT2D eigenvalue weighted by Gasteiger charge is 2.20. The Balaban J connectivity index is 1.77. The first-order chi connectivity index (χ1) is 13.5. The minimum absolute atomic E-state index is 0.0663. The molecular weight excluding hydrogens is 374 g/mol. The lowest BCUT2D eigenvalue weighted by atomic mass is 10.2. The maximum Gasteiger partial charge on any atom is 0.234 e. The zero-order chi connectivity index (χ0) is 20.1. The summed E-state index contributed by atoms with van der Waals surface area (Å²) in [5.41, 5.74) is 2.71. The van der Waals surface area contributed by atoms with E-state index in [1.54, 1.807) is 38.3 Å². The van der Waals surface area contributed by atoms with E-state index in [9.17, 15) is 9.59 Å². The molecule has 6 nitrogen and oxygen atoms in total. The number of amides is 1. The molecule has 3 rings (SSSR count). The number of ether oxygens (including phenoxy) is 1. The number of ketones is 1. The third-order valence-electron chi connectivity index (χ3n) is 4.07. The number of hydrogen-bond donors (Lipinski definition) is 1. The van der Waals surface area contributed by atoms with E-state index < -0.39 is 0 Å². The van der Waals surface area contributed by atoms with E-state index >= 15 is 0 Å². The molecule has 1 aromatic heterocycles. The highest BCUT2D eigenvalue weighted by molar-refractivity contribution is 7.99. The molecule has 3 aromatic rings. The molecule has 0 fully saturated rings. The van der Waals surface area contributed by atoms with Crippen LogP contribution in [0.3, 0.4) is 0 Å². The SMILES string of the molecule is COc1ccc(NC(=O)CSc2nc(C)c(C(C)=O)n2-c2ccccc2)cc1. The summed E-state index contributed by atoms with van der Waals surface area (Å²) in [6, 6.07) is 16.7. The Hall–Kier alpha value is -3.06. The molecule has 0 radical (unpaired) electrons. The van der Waals surface area contributed by atoms with Gasteiger partial charge in [0.1, 0.15) is 11.4 Å². The summed E-state index contributed by atoms with van der Waals surface area (Å²) in [6.07, 6.45) is 0. The van der Waals surface area contributed by atoms with Gasteiger partial charge in [0.15, 0.2) is 10.9 Å². The molecule has 7 heteroatoms. The van der Waals surface area contributed by atoms with E-state index in [1.165, 1.54) is 18.7 Å². The summed E-state index contributed by atoms with van der Waals surface area (Å²) in [6.45, 7) is 3.33. The summed E-state index contributed by atoms with van der Waals surface area (Å²) in [5, 5.41) is 3.46. The number of methoxy groups -OCH3 is 1. The van der Waals surface area contributed by atoms with Gasteiger partial charge in [-0.1, -0.05) is 30.0 Å². The van der Waals surface area contributed by atoms with Crippen LogP contribution in [0.1, 0.15) is 23.1 Å². The maximum absolute atomic E-state index is 12.3. The molecule has 144 valence electrons. The molecule has 0 unspecified atom stereocenters. The van der Waals surface area contributed by atoms with E-state index in [0.29, 0.717) is 22.2 Å². The Labute approximate surface area is 167 Å². The molecule has 2 aromatic carbocycles. The summed E-state index contributed by atoms with van der Waals surface area (Å²) < 4.78 is 6.92. The largest absolute Gasteiger partial charge is 0.497 e. The molecule has 0 aliphatic heterocycles. The summed E-state index contributed by atoms with van der Waals surface area (Å²) >= 11 is 1.29. The lowest BCUT2D eigenvalue weighted by Gasteiger charge is -2.11. The Morgan fingerprint density at radius 1 is 1.11 bits per heavy atom. The first kappa shape index (κ1) is 19.7. The van der Waals surface area contributed by atoms with Crippen molar-refractivity contribution in [2.45, 2.75) is 19.0 Å². The smallest absolute Gasteiger partial charge is 0.234 e. The number of Topliss-reactive ketones (excluding diaryl/α,β-unsaturated/α-hetero) is 1. The van der Waals surface area contributed by atoms with Crippen molar-refractivity contribution < 1.29 is 14.3 Å². The number of rotatable bonds is 7. The van der Waals surface area contributed by atoms with Crippen molar-refractivity contribution in [1.29, 1.82) is 0 Å². The third-order valence-corrected chi connectivity index (χ3v) is 5.01. The number of benzene rings is 2. The summed E-state index contributed by atoms with van der Waals surface area (Å²) in [7, 11) is 1.59. The van der Waals surface area contributed by atoms with Gasteiger partial charge in [-0.3, -0.25) is 14.2 Å². The van der Waals surface area contributed by atoms with Crippen molar-refractivity contribution in [3.8, 4) is 11.4 Å². The van der Waals surface area contributed by atoms with E-state index in [4.69, 9.17) is 4.74 Å².